The molecule has 3 amide bonds. The van der Waals surface area contributed by atoms with Crippen molar-refractivity contribution in [1.29, 1.82) is 0 Å². The quantitative estimate of drug-likeness (QED) is 0.665. The van der Waals surface area contributed by atoms with Gasteiger partial charge in [-0.15, -0.1) is 0 Å². The zero-order chi connectivity index (χ0) is 14.8. The fourth-order valence-electron chi connectivity index (χ4n) is 1.58. The summed E-state index contributed by atoms with van der Waals surface area (Å²) in [5.74, 6) is 0.438. The summed E-state index contributed by atoms with van der Waals surface area (Å²) >= 11 is 0. The van der Waals surface area contributed by atoms with Crippen LogP contribution < -0.4 is 16.0 Å². The second-order valence-electron chi connectivity index (χ2n) is 4.99. The van der Waals surface area contributed by atoms with Gasteiger partial charge in [-0.1, -0.05) is 32.0 Å². The number of nitrogens with one attached hydrogen (secondary N) is 3. The van der Waals surface area contributed by atoms with E-state index < -0.39 is 0 Å². The molecule has 0 unspecified atom stereocenters. The van der Waals surface area contributed by atoms with Gasteiger partial charge >= 0.3 is 6.03 Å². The SMILES string of the molecule is CC(C)CCNC(=O)NCCNC(=O)c1ccccc1. The van der Waals surface area contributed by atoms with Crippen LogP contribution in [0.25, 0.3) is 0 Å². The largest absolute Gasteiger partial charge is 0.350 e. The Hall–Kier alpha value is -2.04. The molecule has 0 aliphatic heterocycles. The van der Waals surface area contributed by atoms with Crippen molar-refractivity contribution in [2.24, 2.45) is 5.92 Å². The number of urea groups is 1. The van der Waals surface area contributed by atoms with Gasteiger partial charge in [0, 0.05) is 25.2 Å². The summed E-state index contributed by atoms with van der Waals surface area (Å²) in [5.41, 5.74) is 0.619. The summed E-state index contributed by atoms with van der Waals surface area (Å²) in [6.07, 6.45) is 0.957. The van der Waals surface area contributed by atoms with E-state index >= 15 is 0 Å². The second kappa shape index (κ2) is 8.96. The van der Waals surface area contributed by atoms with E-state index in [0.29, 0.717) is 31.1 Å². The molecule has 1 aromatic rings. The maximum Gasteiger partial charge on any atom is 0.314 e. The minimum atomic E-state index is -0.195. The Bertz CT molecular complexity index is 418. The Morgan fingerprint density at radius 3 is 2.20 bits per heavy atom. The first-order chi connectivity index (χ1) is 9.59. The molecule has 0 atom stereocenters. The van der Waals surface area contributed by atoms with Gasteiger partial charge in [-0.25, -0.2) is 4.79 Å². The number of rotatable bonds is 7. The van der Waals surface area contributed by atoms with Gasteiger partial charge in [0.2, 0.25) is 0 Å². The van der Waals surface area contributed by atoms with Gasteiger partial charge in [0.1, 0.15) is 0 Å². The van der Waals surface area contributed by atoms with Crippen molar-refractivity contribution >= 4 is 11.9 Å². The van der Waals surface area contributed by atoms with E-state index in [4.69, 9.17) is 0 Å². The van der Waals surface area contributed by atoms with E-state index in [1.807, 2.05) is 18.2 Å². The van der Waals surface area contributed by atoms with E-state index in [0.717, 1.165) is 6.42 Å². The Morgan fingerprint density at radius 1 is 0.950 bits per heavy atom. The van der Waals surface area contributed by atoms with Crippen molar-refractivity contribution < 1.29 is 9.59 Å². The first-order valence-electron chi connectivity index (χ1n) is 6.94. The minimum Gasteiger partial charge on any atom is -0.350 e. The lowest BCUT2D eigenvalue weighted by Crippen LogP contribution is -2.40. The van der Waals surface area contributed by atoms with E-state index in [-0.39, 0.29) is 11.9 Å². The fourth-order valence-corrected chi connectivity index (χ4v) is 1.58. The average Bonchev–Trinajstić information content (AvgIpc) is 2.44. The minimum absolute atomic E-state index is 0.132. The molecule has 0 heterocycles. The molecule has 0 saturated heterocycles. The van der Waals surface area contributed by atoms with Crippen molar-refractivity contribution in [3.8, 4) is 0 Å². The number of hydrogen-bond donors (Lipinski definition) is 3. The molecular weight excluding hydrogens is 254 g/mol. The lowest BCUT2D eigenvalue weighted by molar-refractivity contribution is 0.0954. The van der Waals surface area contributed by atoms with Gasteiger partial charge in [-0.2, -0.15) is 0 Å². The molecule has 0 fully saturated rings. The van der Waals surface area contributed by atoms with Gasteiger partial charge < -0.3 is 16.0 Å². The fraction of sp³-hybridized carbons (Fsp3) is 0.467. The summed E-state index contributed by atoms with van der Waals surface area (Å²) < 4.78 is 0. The molecule has 20 heavy (non-hydrogen) atoms. The summed E-state index contributed by atoms with van der Waals surface area (Å²) in [7, 11) is 0. The van der Waals surface area contributed by atoms with Crippen LogP contribution in [0.2, 0.25) is 0 Å². The summed E-state index contributed by atoms with van der Waals surface area (Å²) in [5, 5.41) is 8.22. The third kappa shape index (κ3) is 6.78. The molecule has 0 aromatic heterocycles. The van der Waals surface area contributed by atoms with Crippen LogP contribution >= 0.6 is 0 Å². The highest BCUT2D eigenvalue weighted by Crippen LogP contribution is 1.97. The summed E-state index contributed by atoms with van der Waals surface area (Å²) in [6, 6.07) is 8.80. The molecule has 0 saturated carbocycles. The van der Waals surface area contributed by atoms with Crippen LogP contribution in [-0.4, -0.2) is 31.6 Å². The van der Waals surface area contributed by atoms with Crippen molar-refractivity contribution in [2.45, 2.75) is 20.3 Å². The number of amides is 3. The zero-order valence-corrected chi connectivity index (χ0v) is 12.1. The van der Waals surface area contributed by atoms with Gasteiger partial charge in [0.05, 0.1) is 0 Å². The van der Waals surface area contributed by atoms with Crippen molar-refractivity contribution in [3.05, 3.63) is 35.9 Å². The first kappa shape index (κ1) is 16.0. The number of carbonyl (C=O) groups excluding carboxylic acids is 2. The normalized spacial score (nSPS) is 10.2. The number of carbonyl (C=O) groups is 2. The molecular formula is C15H23N3O2. The molecule has 0 bridgehead atoms. The molecule has 1 rings (SSSR count). The molecule has 5 nitrogen and oxygen atoms in total. The smallest absolute Gasteiger partial charge is 0.314 e. The topological polar surface area (TPSA) is 70.2 Å². The highest BCUT2D eigenvalue weighted by molar-refractivity contribution is 5.94. The lowest BCUT2D eigenvalue weighted by atomic mass is 10.1. The lowest BCUT2D eigenvalue weighted by Gasteiger charge is -2.09. The third-order valence-corrected chi connectivity index (χ3v) is 2.74. The molecule has 0 spiro atoms. The van der Waals surface area contributed by atoms with Crippen LogP contribution in [0.5, 0.6) is 0 Å². The van der Waals surface area contributed by atoms with Gasteiger partial charge in [0.15, 0.2) is 0 Å². The first-order valence-corrected chi connectivity index (χ1v) is 6.94. The molecule has 0 aliphatic rings. The average molecular weight is 277 g/mol. The Kier molecular flexibility index (Phi) is 7.17. The molecule has 5 heteroatoms. The zero-order valence-electron chi connectivity index (χ0n) is 12.1. The molecule has 1 aromatic carbocycles. The molecule has 0 aliphatic carbocycles. The summed E-state index contributed by atoms with van der Waals surface area (Å²) in [6.45, 7) is 5.70. The second-order valence-corrected chi connectivity index (χ2v) is 4.99. The van der Waals surface area contributed by atoms with Crippen LogP contribution in [0.1, 0.15) is 30.6 Å². The highest BCUT2D eigenvalue weighted by Gasteiger charge is 2.04. The van der Waals surface area contributed by atoms with Gasteiger partial charge in [-0.3, -0.25) is 4.79 Å². The predicted octanol–water partition coefficient (Wildman–Crippen LogP) is 1.76. The number of benzene rings is 1. The maximum atomic E-state index is 11.7. The van der Waals surface area contributed by atoms with E-state index in [9.17, 15) is 9.59 Å². The van der Waals surface area contributed by atoms with Crippen molar-refractivity contribution in [3.63, 3.8) is 0 Å². The predicted molar refractivity (Wildman–Crippen MR) is 79.6 cm³/mol. The Morgan fingerprint density at radius 2 is 1.55 bits per heavy atom. The van der Waals surface area contributed by atoms with Crippen LogP contribution in [0, 0.1) is 5.92 Å². The standard InChI is InChI=1S/C15H23N3O2/c1-12(2)8-9-17-15(20)18-11-10-16-14(19)13-6-4-3-5-7-13/h3-7,12H,8-11H2,1-2H3,(H,16,19)(H2,17,18,20). The van der Waals surface area contributed by atoms with Gasteiger partial charge in [-0.05, 0) is 24.5 Å². The molecule has 3 N–H and O–H groups in total. The Labute approximate surface area is 120 Å². The van der Waals surface area contributed by atoms with Crippen LogP contribution in [0.15, 0.2) is 30.3 Å². The monoisotopic (exact) mass is 277 g/mol. The van der Waals surface area contributed by atoms with E-state index in [1.54, 1.807) is 12.1 Å². The van der Waals surface area contributed by atoms with E-state index in [1.165, 1.54) is 0 Å². The van der Waals surface area contributed by atoms with E-state index in [2.05, 4.69) is 29.8 Å². The summed E-state index contributed by atoms with van der Waals surface area (Å²) in [4.78, 5) is 23.1. The molecule has 110 valence electrons. The third-order valence-electron chi connectivity index (χ3n) is 2.74. The highest BCUT2D eigenvalue weighted by atomic mass is 16.2. The van der Waals surface area contributed by atoms with Crippen molar-refractivity contribution in [1.82, 2.24) is 16.0 Å². The number of hydrogen-bond acceptors (Lipinski definition) is 2. The van der Waals surface area contributed by atoms with Crippen LogP contribution in [0.3, 0.4) is 0 Å². The van der Waals surface area contributed by atoms with Crippen LogP contribution in [-0.2, 0) is 0 Å². The Balaban J connectivity index is 2.10. The van der Waals surface area contributed by atoms with Crippen molar-refractivity contribution in [2.75, 3.05) is 19.6 Å². The maximum absolute atomic E-state index is 11.7. The van der Waals surface area contributed by atoms with Crippen LogP contribution in [0.4, 0.5) is 4.79 Å². The molecule has 0 radical (unpaired) electrons. The van der Waals surface area contributed by atoms with Gasteiger partial charge in [0.25, 0.3) is 5.91 Å².